The molecule has 1 aliphatic heterocycles. The van der Waals surface area contributed by atoms with Crippen LogP contribution in [-0.4, -0.2) is 28.3 Å². The van der Waals surface area contributed by atoms with Crippen LogP contribution in [0.15, 0.2) is 58.9 Å². The number of thiazole rings is 1. The third-order valence-corrected chi connectivity index (χ3v) is 5.86. The highest BCUT2D eigenvalue weighted by molar-refractivity contribution is 7.09. The van der Waals surface area contributed by atoms with Gasteiger partial charge in [-0.1, -0.05) is 6.08 Å². The second-order valence-corrected chi connectivity index (χ2v) is 7.51. The SMILES string of the molecule is COc1ccnc(C2=C(C#N)C(N)=CC(C3=CC(O)CC3)(c3nccs3)N2)c1. The first-order valence-electron chi connectivity index (χ1n) is 8.78. The predicted molar refractivity (Wildman–Crippen MR) is 106 cm³/mol. The number of nitriles is 1. The fraction of sp³-hybridized carbons (Fsp3) is 0.250. The van der Waals surface area contributed by atoms with Crippen molar-refractivity contribution in [2.75, 3.05) is 7.11 Å². The molecular weight excluding hydrogens is 374 g/mol. The number of ether oxygens (including phenoxy) is 1. The van der Waals surface area contributed by atoms with Gasteiger partial charge in [0.05, 0.1) is 30.3 Å². The van der Waals surface area contributed by atoms with Crippen LogP contribution in [0.2, 0.25) is 0 Å². The molecule has 0 amide bonds. The largest absolute Gasteiger partial charge is 0.497 e. The average Bonchev–Trinajstić information content (AvgIpc) is 3.40. The second kappa shape index (κ2) is 7.11. The lowest BCUT2D eigenvalue weighted by atomic mass is 9.83. The van der Waals surface area contributed by atoms with Crippen LogP contribution in [0.25, 0.3) is 5.70 Å². The Morgan fingerprint density at radius 2 is 2.29 bits per heavy atom. The van der Waals surface area contributed by atoms with E-state index in [2.05, 4.69) is 21.4 Å². The molecule has 2 aromatic rings. The minimum absolute atomic E-state index is 0.312. The molecule has 8 heteroatoms. The number of methoxy groups -OCH3 is 1. The molecule has 0 bridgehead atoms. The van der Waals surface area contributed by atoms with Gasteiger partial charge in [0.25, 0.3) is 0 Å². The Morgan fingerprint density at radius 3 is 2.93 bits per heavy atom. The lowest BCUT2D eigenvalue weighted by molar-refractivity contribution is 0.223. The molecule has 2 unspecified atom stereocenters. The van der Waals surface area contributed by atoms with Crippen molar-refractivity contribution < 1.29 is 9.84 Å². The summed E-state index contributed by atoms with van der Waals surface area (Å²) in [6.45, 7) is 0. The van der Waals surface area contributed by atoms with E-state index in [4.69, 9.17) is 10.5 Å². The van der Waals surface area contributed by atoms with Crippen LogP contribution >= 0.6 is 11.3 Å². The molecule has 4 rings (SSSR count). The monoisotopic (exact) mass is 393 g/mol. The van der Waals surface area contributed by atoms with Crippen molar-refractivity contribution in [1.82, 2.24) is 15.3 Å². The molecule has 0 aromatic carbocycles. The molecule has 2 aromatic heterocycles. The number of hydrogen-bond donors (Lipinski definition) is 3. The van der Waals surface area contributed by atoms with Crippen LogP contribution in [0.5, 0.6) is 5.75 Å². The van der Waals surface area contributed by atoms with Crippen LogP contribution in [-0.2, 0) is 5.54 Å². The summed E-state index contributed by atoms with van der Waals surface area (Å²) in [5.74, 6) is 0.625. The van der Waals surface area contributed by atoms with Crippen molar-refractivity contribution in [2.24, 2.45) is 5.73 Å². The van der Waals surface area contributed by atoms with Gasteiger partial charge in [0, 0.05) is 23.8 Å². The van der Waals surface area contributed by atoms with Crippen LogP contribution in [0.3, 0.4) is 0 Å². The molecule has 1 aliphatic carbocycles. The average molecular weight is 393 g/mol. The fourth-order valence-electron chi connectivity index (χ4n) is 3.61. The highest BCUT2D eigenvalue weighted by atomic mass is 32.1. The van der Waals surface area contributed by atoms with E-state index in [9.17, 15) is 10.4 Å². The van der Waals surface area contributed by atoms with E-state index < -0.39 is 11.6 Å². The number of pyridine rings is 1. The van der Waals surface area contributed by atoms with Crippen LogP contribution < -0.4 is 15.8 Å². The number of nitrogens with two attached hydrogens (primary N) is 1. The number of hydrogen-bond acceptors (Lipinski definition) is 8. The number of dihydropyridines is 1. The summed E-state index contributed by atoms with van der Waals surface area (Å²) in [4.78, 5) is 8.92. The zero-order chi connectivity index (χ0) is 19.7. The Balaban J connectivity index is 1.91. The number of aliphatic hydroxyl groups is 1. The standard InChI is InChI=1S/C20H19N5O2S/c1-27-14-4-5-23-17(9-14)18-15(11-21)16(22)10-20(25-18,19-24-6-7-28-19)12-2-3-13(26)8-12/h4-10,13,25-26H,2-3,22H2,1H3. The van der Waals surface area contributed by atoms with Crippen molar-refractivity contribution in [2.45, 2.75) is 24.5 Å². The number of nitrogens with one attached hydrogen (secondary N) is 1. The summed E-state index contributed by atoms with van der Waals surface area (Å²) in [7, 11) is 1.58. The first-order chi connectivity index (χ1) is 13.6. The van der Waals surface area contributed by atoms with Crippen LogP contribution in [0.1, 0.15) is 23.5 Å². The lowest BCUT2D eigenvalue weighted by Crippen LogP contribution is -2.45. The zero-order valence-electron chi connectivity index (χ0n) is 15.2. The Kier molecular flexibility index (Phi) is 4.63. The van der Waals surface area contributed by atoms with Gasteiger partial charge in [-0.25, -0.2) is 4.98 Å². The number of allylic oxidation sites excluding steroid dienone is 1. The predicted octanol–water partition coefficient (Wildman–Crippen LogP) is 2.20. The Bertz CT molecular complexity index is 1040. The molecule has 0 saturated heterocycles. The molecule has 2 aliphatic rings. The quantitative estimate of drug-likeness (QED) is 0.682. The zero-order valence-corrected chi connectivity index (χ0v) is 16.0. The number of nitrogens with zero attached hydrogens (tertiary/aromatic N) is 3. The molecule has 0 radical (unpaired) electrons. The maximum Gasteiger partial charge on any atom is 0.132 e. The van der Waals surface area contributed by atoms with Gasteiger partial charge in [-0.3, -0.25) is 4.98 Å². The molecule has 4 N–H and O–H groups in total. The molecule has 3 heterocycles. The molecule has 0 fully saturated rings. The van der Waals surface area contributed by atoms with Crippen molar-refractivity contribution in [3.05, 3.63) is 69.6 Å². The van der Waals surface area contributed by atoms with E-state index in [-0.39, 0.29) is 0 Å². The molecule has 2 atom stereocenters. The number of rotatable bonds is 4. The highest BCUT2D eigenvalue weighted by Crippen LogP contribution is 2.44. The fourth-order valence-corrected chi connectivity index (χ4v) is 4.41. The van der Waals surface area contributed by atoms with Gasteiger partial charge in [0.2, 0.25) is 0 Å². The van der Waals surface area contributed by atoms with Crippen molar-refractivity contribution in [1.29, 1.82) is 5.26 Å². The lowest BCUT2D eigenvalue weighted by Gasteiger charge is -2.37. The maximum atomic E-state index is 10.1. The summed E-state index contributed by atoms with van der Waals surface area (Å²) >= 11 is 1.49. The maximum absolute atomic E-state index is 10.1. The topological polar surface area (TPSA) is 117 Å². The van der Waals surface area contributed by atoms with Crippen LogP contribution in [0.4, 0.5) is 0 Å². The molecular formula is C20H19N5O2S. The van der Waals surface area contributed by atoms with Gasteiger partial charge >= 0.3 is 0 Å². The van der Waals surface area contributed by atoms with Gasteiger partial charge < -0.3 is 20.9 Å². The minimum atomic E-state index is -0.837. The number of aliphatic hydroxyl groups excluding tert-OH is 1. The summed E-state index contributed by atoms with van der Waals surface area (Å²) in [6.07, 6.45) is 7.83. The molecule has 7 nitrogen and oxygen atoms in total. The molecule has 28 heavy (non-hydrogen) atoms. The van der Waals surface area contributed by atoms with E-state index in [1.54, 1.807) is 31.6 Å². The first-order valence-corrected chi connectivity index (χ1v) is 9.66. The summed E-state index contributed by atoms with van der Waals surface area (Å²) in [6, 6.07) is 5.67. The minimum Gasteiger partial charge on any atom is -0.497 e. The third-order valence-electron chi connectivity index (χ3n) is 4.95. The summed E-state index contributed by atoms with van der Waals surface area (Å²) < 4.78 is 5.31. The van der Waals surface area contributed by atoms with Gasteiger partial charge in [-0.2, -0.15) is 5.26 Å². The molecule has 0 saturated carbocycles. The highest BCUT2D eigenvalue weighted by Gasteiger charge is 2.43. The summed E-state index contributed by atoms with van der Waals surface area (Å²) in [5.41, 5.74) is 8.19. The Morgan fingerprint density at radius 1 is 1.43 bits per heavy atom. The van der Waals surface area contributed by atoms with Gasteiger partial charge in [-0.15, -0.1) is 11.3 Å². The van der Waals surface area contributed by atoms with Crippen molar-refractivity contribution >= 4 is 17.0 Å². The van der Waals surface area contributed by atoms with E-state index in [1.807, 2.05) is 17.5 Å². The Hall–Kier alpha value is -3.15. The smallest absolute Gasteiger partial charge is 0.132 e. The first kappa shape index (κ1) is 18.2. The van der Waals surface area contributed by atoms with Crippen LogP contribution in [0, 0.1) is 11.3 Å². The summed E-state index contributed by atoms with van der Waals surface area (Å²) in [5, 5.41) is 26.0. The second-order valence-electron chi connectivity index (χ2n) is 6.61. The van der Waals surface area contributed by atoms with E-state index >= 15 is 0 Å². The van der Waals surface area contributed by atoms with Crippen molar-refractivity contribution in [3.8, 4) is 11.8 Å². The van der Waals surface area contributed by atoms with E-state index in [0.717, 1.165) is 10.6 Å². The Labute approximate surface area is 166 Å². The molecule has 0 spiro atoms. The third kappa shape index (κ3) is 2.95. The van der Waals surface area contributed by atoms with E-state index in [1.165, 1.54) is 11.3 Å². The van der Waals surface area contributed by atoms with Gasteiger partial charge in [0.1, 0.15) is 27.9 Å². The molecule has 142 valence electrons. The van der Waals surface area contributed by atoms with E-state index in [0.29, 0.717) is 41.3 Å². The van der Waals surface area contributed by atoms with Gasteiger partial charge in [0.15, 0.2) is 0 Å². The number of aromatic nitrogens is 2. The van der Waals surface area contributed by atoms with Gasteiger partial charge in [-0.05, 0) is 30.6 Å². The van der Waals surface area contributed by atoms with Crippen molar-refractivity contribution in [3.63, 3.8) is 0 Å². The normalized spacial score (nSPS) is 24.2.